The van der Waals surface area contributed by atoms with Crippen LogP contribution >= 0.6 is 0 Å². The van der Waals surface area contributed by atoms with Crippen LogP contribution in [0.25, 0.3) is 0 Å². The molecule has 0 fully saturated rings. The maximum absolute atomic E-state index is 6.14. The monoisotopic (exact) mass is 619 g/mol. The zero-order valence-corrected chi connectivity index (χ0v) is 30.5. The van der Waals surface area contributed by atoms with Crippen molar-refractivity contribution in [2.24, 2.45) is 11.8 Å². The highest BCUT2D eigenvalue weighted by Gasteiger charge is 2.40. The first-order chi connectivity index (χ1) is 20.8. The van der Waals surface area contributed by atoms with Crippen LogP contribution in [-0.2, 0) is 33.2 Å². The molecule has 0 aliphatic heterocycles. The minimum Gasteiger partial charge on any atom is -0.385 e. The Morgan fingerprint density at radius 1 is 0.605 bits per heavy atom. The molecule has 0 bridgehead atoms. The van der Waals surface area contributed by atoms with Crippen LogP contribution in [0.2, 0.25) is 0 Å². The second-order valence-corrected chi connectivity index (χ2v) is 11.5. The molecule has 0 aliphatic rings. The van der Waals surface area contributed by atoms with Gasteiger partial charge in [-0.25, -0.2) is 0 Å². The molecule has 0 aliphatic carbocycles. The molecule has 0 heterocycles. The fourth-order valence-electron chi connectivity index (χ4n) is 6.00. The lowest BCUT2D eigenvalue weighted by Crippen LogP contribution is -2.48. The van der Waals surface area contributed by atoms with Gasteiger partial charge in [-0.05, 0) is 59.3 Å². The molecule has 7 heteroatoms. The van der Waals surface area contributed by atoms with Gasteiger partial charge in [-0.2, -0.15) is 0 Å². The summed E-state index contributed by atoms with van der Waals surface area (Å²) in [5.41, 5.74) is 0. The van der Waals surface area contributed by atoms with Crippen molar-refractivity contribution in [3.05, 3.63) is 12.2 Å². The van der Waals surface area contributed by atoms with Gasteiger partial charge in [-0.15, -0.1) is 0 Å². The highest BCUT2D eigenvalue weighted by molar-refractivity contribution is 4.94. The molecule has 0 rings (SSSR count). The fraction of sp³-hybridized carbons (Fsp3) is 0.944. The minimum absolute atomic E-state index is 0.205. The second-order valence-electron chi connectivity index (χ2n) is 11.5. The largest absolute Gasteiger partial charge is 0.385 e. The van der Waals surface area contributed by atoms with Gasteiger partial charge in [-0.3, -0.25) is 0 Å². The van der Waals surface area contributed by atoms with Crippen molar-refractivity contribution in [3.63, 3.8) is 0 Å². The first-order valence-corrected chi connectivity index (χ1v) is 17.4. The third-order valence-corrected chi connectivity index (χ3v) is 8.35. The summed E-state index contributed by atoms with van der Waals surface area (Å²) in [5.74, 6) is -0.764. The Morgan fingerprint density at radius 2 is 1.09 bits per heavy atom. The summed E-state index contributed by atoms with van der Waals surface area (Å²) in [4.78, 5) is 0. The summed E-state index contributed by atoms with van der Waals surface area (Å²) >= 11 is 0. The van der Waals surface area contributed by atoms with E-state index in [9.17, 15) is 0 Å². The molecule has 0 spiro atoms. The van der Waals surface area contributed by atoms with E-state index in [-0.39, 0.29) is 6.10 Å². The van der Waals surface area contributed by atoms with E-state index in [4.69, 9.17) is 33.2 Å². The van der Waals surface area contributed by atoms with Crippen molar-refractivity contribution in [3.8, 4) is 0 Å². The Morgan fingerprint density at radius 3 is 1.51 bits per heavy atom. The number of hydrogen-bond donors (Lipinski definition) is 0. The maximum atomic E-state index is 6.14. The molecule has 0 radical (unpaired) electrons. The van der Waals surface area contributed by atoms with Crippen molar-refractivity contribution >= 4 is 0 Å². The average Bonchev–Trinajstić information content (AvgIpc) is 3.01. The van der Waals surface area contributed by atoms with E-state index in [1.165, 1.54) is 70.6 Å². The normalized spacial score (nSPS) is 14.5. The van der Waals surface area contributed by atoms with Crippen LogP contribution in [0.4, 0.5) is 0 Å². The van der Waals surface area contributed by atoms with Crippen molar-refractivity contribution in [1.29, 1.82) is 0 Å². The molecule has 260 valence electrons. The maximum Gasteiger partial charge on any atom is 0.310 e. The molecule has 0 amide bonds. The van der Waals surface area contributed by atoms with E-state index in [0.29, 0.717) is 25.0 Å². The smallest absolute Gasteiger partial charge is 0.310 e. The molecule has 3 unspecified atom stereocenters. The summed E-state index contributed by atoms with van der Waals surface area (Å²) in [6, 6.07) is 0. The van der Waals surface area contributed by atoms with Crippen LogP contribution < -0.4 is 0 Å². The highest BCUT2D eigenvalue weighted by Crippen LogP contribution is 2.37. The molecule has 7 nitrogen and oxygen atoms in total. The lowest BCUT2D eigenvalue weighted by Gasteiger charge is -2.41. The van der Waals surface area contributed by atoms with Gasteiger partial charge < -0.3 is 33.2 Å². The minimum atomic E-state index is -1.09. The number of hydrogen-bond acceptors (Lipinski definition) is 7. The summed E-state index contributed by atoms with van der Waals surface area (Å²) in [7, 11) is 8.14. The van der Waals surface area contributed by atoms with Gasteiger partial charge in [-0.1, -0.05) is 96.6 Å². The summed E-state index contributed by atoms with van der Waals surface area (Å²) in [5, 5.41) is 0. The second kappa shape index (κ2) is 30.1. The average molecular weight is 619 g/mol. The lowest BCUT2D eigenvalue weighted by molar-refractivity contribution is -0.392. The van der Waals surface area contributed by atoms with E-state index in [1.54, 1.807) is 35.5 Å². The molecular formula is C36H74O7. The third-order valence-electron chi connectivity index (χ3n) is 8.35. The molecule has 0 saturated heterocycles. The highest BCUT2D eigenvalue weighted by atomic mass is 16.9. The van der Waals surface area contributed by atoms with E-state index in [0.717, 1.165) is 32.3 Å². The van der Waals surface area contributed by atoms with E-state index in [1.807, 2.05) is 0 Å². The van der Waals surface area contributed by atoms with Gasteiger partial charge in [0.1, 0.15) is 6.10 Å². The topological polar surface area (TPSA) is 64.6 Å². The number of methoxy groups -OCH3 is 5. The fourth-order valence-corrected chi connectivity index (χ4v) is 6.00. The number of allylic oxidation sites excluding steroid dienone is 2. The Balaban J connectivity index is 0. The predicted octanol–water partition coefficient (Wildman–Crippen LogP) is 9.72. The Bertz CT molecular complexity index is 580. The van der Waals surface area contributed by atoms with Crippen molar-refractivity contribution in [1.82, 2.24) is 0 Å². The SMILES string of the molecule is CC=CC(CCCCCCC)C(CCCOC)C(C)(OCC)OCC.CCCCCCCCC(OC)C(OC)(OC)OC. The van der Waals surface area contributed by atoms with Crippen molar-refractivity contribution in [2.75, 3.05) is 55.4 Å². The van der Waals surface area contributed by atoms with Crippen LogP contribution in [-0.4, -0.2) is 73.2 Å². The van der Waals surface area contributed by atoms with Crippen molar-refractivity contribution in [2.45, 2.75) is 156 Å². The summed E-state index contributed by atoms with van der Waals surface area (Å²) in [6.45, 7) is 15.0. The van der Waals surface area contributed by atoms with Crippen LogP contribution in [0.5, 0.6) is 0 Å². The van der Waals surface area contributed by atoms with Gasteiger partial charge in [0.25, 0.3) is 0 Å². The zero-order valence-electron chi connectivity index (χ0n) is 30.5. The molecule has 0 aromatic rings. The van der Waals surface area contributed by atoms with Crippen LogP contribution in [0, 0.1) is 11.8 Å². The summed E-state index contributed by atoms with van der Waals surface area (Å²) in [6.07, 6.45) is 22.7. The van der Waals surface area contributed by atoms with Crippen LogP contribution in [0.3, 0.4) is 0 Å². The van der Waals surface area contributed by atoms with Crippen LogP contribution in [0.15, 0.2) is 12.2 Å². The lowest BCUT2D eigenvalue weighted by atomic mass is 9.79. The third kappa shape index (κ3) is 19.6. The number of ether oxygens (including phenoxy) is 7. The first kappa shape index (κ1) is 44.6. The molecular weight excluding hydrogens is 544 g/mol. The van der Waals surface area contributed by atoms with Gasteiger partial charge in [0, 0.05) is 61.3 Å². The molecule has 0 aromatic carbocycles. The van der Waals surface area contributed by atoms with Crippen molar-refractivity contribution < 1.29 is 33.2 Å². The summed E-state index contributed by atoms with van der Waals surface area (Å²) < 4.78 is 39.0. The van der Waals surface area contributed by atoms with Gasteiger partial charge in [0.2, 0.25) is 0 Å². The number of unbranched alkanes of at least 4 members (excludes halogenated alkanes) is 9. The standard InChI is InChI=1S/C22H44O3.C14H30O4/c1-7-11-12-13-14-17-20(16-8-2)21(18-15-19-23-6)22(5,24-9-3)25-10-4;1-6-7-8-9-10-11-12-13(15-2)14(16-3,17-4)18-5/h8,16,20-21H,7,9-15,17-19H2,1-6H3;13H,6-12H2,1-5H3. The van der Waals surface area contributed by atoms with Gasteiger partial charge in [0.05, 0.1) is 0 Å². The Labute approximate surface area is 268 Å². The molecule has 0 aromatic heterocycles. The van der Waals surface area contributed by atoms with Crippen LogP contribution in [0.1, 0.15) is 138 Å². The van der Waals surface area contributed by atoms with Gasteiger partial charge in [0.15, 0.2) is 5.79 Å². The quantitative estimate of drug-likeness (QED) is 0.0470. The van der Waals surface area contributed by atoms with Gasteiger partial charge >= 0.3 is 5.97 Å². The first-order valence-electron chi connectivity index (χ1n) is 17.4. The van der Waals surface area contributed by atoms with E-state index < -0.39 is 11.8 Å². The van der Waals surface area contributed by atoms with E-state index >= 15 is 0 Å². The zero-order chi connectivity index (χ0) is 32.8. The molecule has 0 N–H and O–H groups in total. The molecule has 43 heavy (non-hydrogen) atoms. The van der Waals surface area contributed by atoms with E-state index in [2.05, 4.69) is 53.7 Å². The Kier molecular flexibility index (Phi) is 31.2. The number of rotatable bonds is 29. The molecule has 0 saturated carbocycles. The predicted molar refractivity (Wildman–Crippen MR) is 180 cm³/mol. The Hall–Kier alpha value is -0.540. The molecule has 3 atom stereocenters.